The van der Waals surface area contributed by atoms with E-state index in [0.717, 1.165) is 0 Å². The van der Waals surface area contributed by atoms with Crippen LogP contribution in [0.1, 0.15) is 19.8 Å². The second-order valence-electron chi connectivity index (χ2n) is 2.06. The van der Waals surface area contributed by atoms with Crippen molar-refractivity contribution < 1.29 is 4.79 Å². The number of carbonyl (C=O) groups excluding carboxylic acids is 1. The minimum absolute atomic E-state index is 0.0181. The maximum absolute atomic E-state index is 10.8. The van der Waals surface area contributed by atoms with Crippen molar-refractivity contribution in [3.8, 4) is 0 Å². The molecule has 0 aromatic rings. The third kappa shape index (κ3) is 3.77. The van der Waals surface area contributed by atoms with Gasteiger partial charge >= 0.3 is 0 Å². The van der Waals surface area contributed by atoms with Crippen LogP contribution in [0.15, 0.2) is 0 Å². The molecule has 10 heavy (non-hydrogen) atoms. The van der Waals surface area contributed by atoms with Gasteiger partial charge in [0, 0.05) is 17.7 Å². The monoisotopic (exact) mass is 204 g/mol. The van der Waals surface area contributed by atoms with Crippen molar-refractivity contribution in [2.45, 2.75) is 24.6 Å². The van der Waals surface area contributed by atoms with Gasteiger partial charge in [0.15, 0.2) is 5.78 Å². The smallest absolute Gasteiger partial charge is 0.176 e. The highest BCUT2D eigenvalue weighted by atomic mass is 79.9. The molecule has 0 saturated heterocycles. The lowest BCUT2D eigenvalue weighted by atomic mass is 10.1. The van der Waals surface area contributed by atoms with Gasteiger partial charge in [0.25, 0.3) is 0 Å². The second kappa shape index (κ2) is 4.61. The summed E-state index contributed by atoms with van der Waals surface area (Å²) in [7, 11) is 0. The van der Waals surface area contributed by atoms with E-state index in [9.17, 15) is 4.79 Å². The number of hydrogen-bond acceptors (Lipinski definition) is 2. The standard InChI is InChI=1S/C7H11BrNO/c1-3-7(10)6(9)4-5(2)8/h5,9H,2-4H2,1H3. The summed E-state index contributed by atoms with van der Waals surface area (Å²) in [4.78, 5) is 10.8. The van der Waals surface area contributed by atoms with Gasteiger partial charge in [-0.05, 0) is 6.92 Å². The van der Waals surface area contributed by atoms with E-state index in [2.05, 4.69) is 22.9 Å². The minimum atomic E-state index is -0.0897. The molecule has 1 radical (unpaired) electrons. The first-order chi connectivity index (χ1) is 4.57. The molecule has 0 aromatic heterocycles. The molecule has 0 bridgehead atoms. The molecule has 0 aliphatic rings. The fourth-order valence-electron chi connectivity index (χ4n) is 0.549. The van der Waals surface area contributed by atoms with Gasteiger partial charge in [-0.3, -0.25) is 4.79 Å². The predicted molar refractivity (Wildman–Crippen MR) is 45.7 cm³/mol. The number of nitrogens with one attached hydrogen (secondary N) is 1. The summed E-state index contributed by atoms with van der Waals surface area (Å²) in [6.45, 7) is 5.37. The Balaban J connectivity index is 3.74. The van der Waals surface area contributed by atoms with Crippen molar-refractivity contribution >= 4 is 27.4 Å². The molecule has 0 saturated carbocycles. The van der Waals surface area contributed by atoms with Crippen LogP contribution in [-0.2, 0) is 4.79 Å². The Morgan fingerprint density at radius 1 is 1.80 bits per heavy atom. The Labute approximate surface area is 69.6 Å². The minimum Gasteiger partial charge on any atom is -0.302 e. The molecule has 0 aliphatic heterocycles. The molecule has 0 aliphatic carbocycles. The maximum atomic E-state index is 10.8. The fourth-order valence-corrected chi connectivity index (χ4v) is 0.872. The molecule has 0 aromatic carbocycles. The van der Waals surface area contributed by atoms with Gasteiger partial charge in [-0.25, -0.2) is 0 Å². The first kappa shape index (κ1) is 9.82. The molecule has 3 heteroatoms. The number of hydrogen-bond donors (Lipinski definition) is 1. The van der Waals surface area contributed by atoms with E-state index in [0.29, 0.717) is 12.8 Å². The number of ketones is 1. The topological polar surface area (TPSA) is 40.9 Å². The number of Topliss-reactive ketones (excluding diaryl/α,β-unsaturated/α-hetero) is 1. The number of rotatable bonds is 4. The van der Waals surface area contributed by atoms with Crippen LogP contribution in [0.2, 0.25) is 0 Å². The molecule has 1 unspecified atom stereocenters. The van der Waals surface area contributed by atoms with E-state index < -0.39 is 0 Å². The van der Waals surface area contributed by atoms with E-state index >= 15 is 0 Å². The van der Waals surface area contributed by atoms with Crippen molar-refractivity contribution in [2.75, 3.05) is 0 Å². The third-order valence-corrected chi connectivity index (χ3v) is 1.41. The zero-order valence-corrected chi connectivity index (χ0v) is 7.57. The highest BCUT2D eigenvalue weighted by Crippen LogP contribution is 2.04. The Morgan fingerprint density at radius 3 is 2.60 bits per heavy atom. The van der Waals surface area contributed by atoms with Crippen molar-refractivity contribution in [3.05, 3.63) is 6.92 Å². The maximum Gasteiger partial charge on any atom is 0.176 e. The lowest BCUT2D eigenvalue weighted by molar-refractivity contribution is -0.112. The molecule has 57 valence electrons. The Morgan fingerprint density at radius 2 is 2.30 bits per heavy atom. The second-order valence-corrected chi connectivity index (χ2v) is 3.35. The fraction of sp³-hybridized carbons (Fsp3) is 0.571. The summed E-state index contributed by atoms with van der Waals surface area (Å²) < 4.78 is 0. The van der Waals surface area contributed by atoms with Crippen molar-refractivity contribution in [1.82, 2.24) is 0 Å². The molecule has 0 spiro atoms. The number of carbonyl (C=O) groups is 1. The van der Waals surface area contributed by atoms with Gasteiger partial charge in [0.1, 0.15) is 0 Å². The Bertz CT molecular complexity index is 143. The quantitative estimate of drug-likeness (QED) is 0.553. The van der Waals surface area contributed by atoms with Gasteiger partial charge in [0.05, 0.1) is 5.71 Å². The van der Waals surface area contributed by atoms with Crippen LogP contribution in [0.4, 0.5) is 0 Å². The van der Waals surface area contributed by atoms with E-state index in [1.807, 2.05) is 0 Å². The van der Waals surface area contributed by atoms with Crippen LogP contribution < -0.4 is 0 Å². The van der Waals surface area contributed by atoms with Crippen molar-refractivity contribution in [2.24, 2.45) is 0 Å². The van der Waals surface area contributed by atoms with Crippen LogP contribution in [0.25, 0.3) is 0 Å². The molecule has 0 heterocycles. The number of alkyl halides is 1. The first-order valence-corrected chi connectivity index (χ1v) is 4.07. The van der Waals surface area contributed by atoms with Crippen molar-refractivity contribution in [3.63, 3.8) is 0 Å². The summed E-state index contributed by atoms with van der Waals surface area (Å²) in [6.07, 6.45) is 0.839. The molecule has 1 atom stereocenters. The summed E-state index contributed by atoms with van der Waals surface area (Å²) in [5.41, 5.74) is 0.166. The Kier molecular flexibility index (Phi) is 4.52. The largest absolute Gasteiger partial charge is 0.302 e. The summed E-state index contributed by atoms with van der Waals surface area (Å²) in [5.74, 6) is -0.0897. The van der Waals surface area contributed by atoms with Crippen LogP contribution in [-0.4, -0.2) is 16.3 Å². The normalized spacial score (nSPS) is 12.7. The highest BCUT2D eigenvalue weighted by molar-refractivity contribution is 9.09. The van der Waals surface area contributed by atoms with E-state index in [1.165, 1.54) is 0 Å². The molecular formula is C7H11BrNO. The zero-order valence-electron chi connectivity index (χ0n) is 5.98. The van der Waals surface area contributed by atoms with Crippen LogP contribution in [0.5, 0.6) is 0 Å². The third-order valence-electron chi connectivity index (χ3n) is 1.08. The van der Waals surface area contributed by atoms with Crippen LogP contribution >= 0.6 is 15.9 Å². The highest BCUT2D eigenvalue weighted by Gasteiger charge is 2.08. The zero-order chi connectivity index (χ0) is 8.15. The van der Waals surface area contributed by atoms with Gasteiger partial charge < -0.3 is 5.41 Å². The van der Waals surface area contributed by atoms with Crippen molar-refractivity contribution in [1.29, 1.82) is 5.41 Å². The van der Waals surface area contributed by atoms with Gasteiger partial charge in [0.2, 0.25) is 0 Å². The number of halogens is 1. The van der Waals surface area contributed by atoms with Gasteiger partial charge in [-0.15, -0.1) is 0 Å². The summed E-state index contributed by atoms with van der Waals surface area (Å²) in [6, 6.07) is 0. The van der Waals surface area contributed by atoms with E-state index in [4.69, 9.17) is 5.41 Å². The lowest BCUT2D eigenvalue weighted by Gasteiger charge is -2.01. The molecule has 2 nitrogen and oxygen atoms in total. The Hall–Kier alpha value is -0.180. The summed E-state index contributed by atoms with van der Waals surface area (Å²) >= 11 is 3.17. The average molecular weight is 205 g/mol. The lowest BCUT2D eigenvalue weighted by Crippen LogP contribution is -2.14. The van der Waals surface area contributed by atoms with Crippen LogP contribution in [0.3, 0.4) is 0 Å². The first-order valence-electron chi connectivity index (χ1n) is 3.15. The van der Waals surface area contributed by atoms with Gasteiger partial charge in [-0.1, -0.05) is 22.9 Å². The molecule has 0 rings (SSSR count). The molecule has 0 fully saturated rings. The SMILES string of the molecule is [CH2]C(Br)CC(=N)C(=O)CC. The summed E-state index contributed by atoms with van der Waals surface area (Å²) in [5, 5.41) is 7.21. The molecule has 1 N–H and O–H groups in total. The predicted octanol–water partition coefficient (Wildman–Crippen LogP) is 1.97. The van der Waals surface area contributed by atoms with E-state index in [-0.39, 0.29) is 16.3 Å². The average Bonchev–Trinajstić information content (AvgIpc) is 1.85. The molecule has 0 amide bonds. The van der Waals surface area contributed by atoms with Gasteiger partial charge in [-0.2, -0.15) is 0 Å². The van der Waals surface area contributed by atoms with E-state index in [1.54, 1.807) is 6.92 Å². The molecular weight excluding hydrogens is 194 g/mol. The van der Waals surface area contributed by atoms with Crippen LogP contribution in [0, 0.1) is 12.3 Å².